The van der Waals surface area contributed by atoms with Crippen LogP contribution in [0.4, 0.5) is 0 Å². The summed E-state index contributed by atoms with van der Waals surface area (Å²) in [4.78, 5) is 25.6. The van der Waals surface area contributed by atoms with Gasteiger partial charge < -0.3 is 10.2 Å². The molecule has 1 aromatic rings. The molecule has 2 rings (SSSR count). The van der Waals surface area contributed by atoms with E-state index in [1.54, 1.807) is 0 Å². The highest BCUT2D eigenvalue weighted by Crippen LogP contribution is 2.09. The summed E-state index contributed by atoms with van der Waals surface area (Å²) in [6, 6.07) is 9.55. The summed E-state index contributed by atoms with van der Waals surface area (Å²) < 4.78 is 0. The first-order chi connectivity index (χ1) is 9.75. The van der Waals surface area contributed by atoms with Crippen molar-refractivity contribution in [1.82, 2.24) is 10.2 Å². The van der Waals surface area contributed by atoms with Crippen molar-refractivity contribution < 1.29 is 9.59 Å². The Balaban J connectivity index is 1.73. The van der Waals surface area contributed by atoms with Crippen LogP contribution in [-0.2, 0) is 16.0 Å². The van der Waals surface area contributed by atoms with Crippen molar-refractivity contribution in [3.05, 3.63) is 35.9 Å². The van der Waals surface area contributed by atoms with Crippen molar-refractivity contribution in [1.29, 1.82) is 0 Å². The van der Waals surface area contributed by atoms with Crippen LogP contribution in [-0.4, -0.2) is 47.9 Å². The fourth-order valence-electron chi connectivity index (χ4n) is 2.13. The molecule has 0 aromatic heterocycles. The monoisotopic (exact) mass is 292 g/mol. The summed E-state index contributed by atoms with van der Waals surface area (Å²) in [5.74, 6) is 2.02. The summed E-state index contributed by atoms with van der Waals surface area (Å²) in [6.45, 7) is 1.70. The molecule has 1 N–H and O–H groups in total. The molecule has 4 nitrogen and oxygen atoms in total. The van der Waals surface area contributed by atoms with Gasteiger partial charge in [0.1, 0.15) is 0 Å². The van der Waals surface area contributed by atoms with Crippen LogP contribution in [0.5, 0.6) is 0 Å². The smallest absolute Gasteiger partial charge is 0.241 e. The maximum absolute atomic E-state index is 12.0. The Morgan fingerprint density at radius 1 is 1.15 bits per heavy atom. The number of nitrogens with zero attached hydrogens (tertiary/aromatic N) is 1. The Morgan fingerprint density at radius 2 is 1.95 bits per heavy atom. The Kier molecular flexibility index (Phi) is 5.92. The van der Waals surface area contributed by atoms with Gasteiger partial charge in [-0.25, -0.2) is 0 Å². The van der Waals surface area contributed by atoms with Crippen LogP contribution in [0.1, 0.15) is 12.0 Å². The second-order valence-corrected chi connectivity index (χ2v) is 6.01. The van der Waals surface area contributed by atoms with Gasteiger partial charge in [0, 0.05) is 18.8 Å². The molecule has 0 radical (unpaired) electrons. The Bertz CT molecular complexity index is 442. The van der Waals surface area contributed by atoms with Crippen molar-refractivity contribution in [2.75, 3.05) is 31.1 Å². The van der Waals surface area contributed by atoms with Gasteiger partial charge >= 0.3 is 0 Å². The molecule has 108 valence electrons. The molecule has 1 aliphatic heterocycles. The molecule has 1 heterocycles. The summed E-state index contributed by atoms with van der Waals surface area (Å²) >= 11 is 1.88. The van der Waals surface area contributed by atoms with Gasteiger partial charge in [-0.1, -0.05) is 30.3 Å². The van der Waals surface area contributed by atoms with Crippen molar-refractivity contribution in [3.63, 3.8) is 0 Å². The molecule has 0 unspecified atom stereocenters. The molecule has 5 heteroatoms. The topological polar surface area (TPSA) is 49.4 Å². The van der Waals surface area contributed by atoms with Crippen LogP contribution < -0.4 is 5.32 Å². The van der Waals surface area contributed by atoms with E-state index in [2.05, 4.69) is 5.32 Å². The molecule has 1 fully saturated rings. The summed E-state index contributed by atoms with van der Waals surface area (Å²) in [7, 11) is 0. The van der Waals surface area contributed by atoms with E-state index in [0.29, 0.717) is 6.42 Å². The number of rotatable bonds is 4. The molecule has 1 aliphatic rings. The van der Waals surface area contributed by atoms with Crippen molar-refractivity contribution in [3.8, 4) is 0 Å². The third-order valence-corrected chi connectivity index (χ3v) is 4.27. The number of carbonyl (C=O) groups is 2. The number of amides is 2. The third-order valence-electron chi connectivity index (χ3n) is 3.22. The van der Waals surface area contributed by atoms with Crippen molar-refractivity contribution >= 4 is 23.6 Å². The van der Waals surface area contributed by atoms with Gasteiger partial charge in [-0.05, 0) is 17.7 Å². The molecule has 1 aromatic carbocycles. The first kappa shape index (κ1) is 14.9. The number of benzene rings is 1. The lowest BCUT2D eigenvalue weighted by molar-refractivity contribution is -0.132. The zero-order chi connectivity index (χ0) is 14.2. The second kappa shape index (κ2) is 7.94. The Hall–Kier alpha value is -1.49. The van der Waals surface area contributed by atoms with Gasteiger partial charge in [0.2, 0.25) is 11.8 Å². The maximum atomic E-state index is 12.0. The molecular weight excluding hydrogens is 272 g/mol. The highest BCUT2D eigenvalue weighted by atomic mass is 32.2. The van der Waals surface area contributed by atoms with Crippen LogP contribution in [0.2, 0.25) is 0 Å². The van der Waals surface area contributed by atoms with Crippen molar-refractivity contribution in [2.24, 2.45) is 0 Å². The zero-order valence-corrected chi connectivity index (χ0v) is 12.3. The van der Waals surface area contributed by atoms with Crippen LogP contribution >= 0.6 is 11.8 Å². The van der Waals surface area contributed by atoms with Gasteiger partial charge in [-0.2, -0.15) is 11.8 Å². The van der Waals surface area contributed by atoms with E-state index in [-0.39, 0.29) is 18.4 Å². The minimum Gasteiger partial charge on any atom is -0.347 e. The van der Waals surface area contributed by atoms with Gasteiger partial charge in [-0.15, -0.1) is 0 Å². The average molecular weight is 292 g/mol. The van der Waals surface area contributed by atoms with Gasteiger partial charge in [0.25, 0.3) is 0 Å². The van der Waals surface area contributed by atoms with Crippen molar-refractivity contribution in [2.45, 2.75) is 12.8 Å². The summed E-state index contributed by atoms with van der Waals surface area (Å²) in [5.41, 5.74) is 0.962. The fourth-order valence-corrected chi connectivity index (χ4v) is 3.01. The Labute approximate surface area is 123 Å². The molecule has 2 amide bonds. The molecule has 0 saturated carbocycles. The first-order valence-corrected chi connectivity index (χ1v) is 8.07. The minimum atomic E-state index is -0.103. The summed E-state index contributed by atoms with van der Waals surface area (Å²) in [5, 5.41) is 2.71. The first-order valence-electron chi connectivity index (χ1n) is 6.92. The van der Waals surface area contributed by atoms with E-state index in [4.69, 9.17) is 0 Å². The maximum Gasteiger partial charge on any atom is 0.241 e. The van der Waals surface area contributed by atoms with Crippen LogP contribution in [0.15, 0.2) is 30.3 Å². The van der Waals surface area contributed by atoms with Gasteiger partial charge in [0.15, 0.2) is 0 Å². The molecule has 0 bridgehead atoms. The number of carbonyl (C=O) groups excluding carboxylic acids is 2. The number of hydrogen-bond acceptors (Lipinski definition) is 3. The van der Waals surface area contributed by atoms with Crippen LogP contribution in [0.3, 0.4) is 0 Å². The lowest BCUT2D eigenvalue weighted by Gasteiger charge is -2.20. The van der Waals surface area contributed by atoms with E-state index in [0.717, 1.165) is 36.6 Å². The van der Waals surface area contributed by atoms with E-state index in [1.165, 1.54) is 0 Å². The third kappa shape index (κ3) is 4.89. The molecule has 0 atom stereocenters. The van der Waals surface area contributed by atoms with Gasteiger partial charge in [-0.3, -0.25) is 9.59 Å². The minimum absolute atomic E-state index is 0.0221. The molecule has 1 saturated heterocycles. The lowest BCUT2D eigenvalue weighted by Crippen LogP contribution is -2.41. The number of hydrogen-bond donors (Lipinski definition) is 1. The predicted octanol–water partition coefficient (Wildman–Crippen LogP) is 1.31. The van der Waals surface area contributed by atoms with E-state index >= 15 is 0 Å². The quantitative estimate of drug-likeness (QED) is 0.910. The number of thioether (sulfide) groups is 1. The Morgan fingerprint density at radius 3 is 2.75 bits per heavy atom. The normalized spacial score (nSPS) is 15.5. The highest BCUT2D eigenvalue weighted by molar-refractivity contribution is 7.99. The molecular formula is C15H20N2O2S. The molecule has 20 heavy (non-hydrogen) atoms. The predicted molar refractivity (Wildman–Crippen MR) is 81.7 cm³/mol. The SMILES string of the molecule is O=C(Cc1ccccc1)NCC(=O)N1CCCSCC1. The average Bonchev–Trinajstić information content (AvgIpc) is 2.75. The highest BCUT2D eigenvalue weighted by Gasteiger charge is 2.16. The summed E-state index contributed by atoms with van der Waals surface area (Å²) in [6.07, 6.45) is 1.36. The zero-order valence-electron chi connectivity index (χ0n) is 11.5. The second-order valence-electron chi connectivity index (χ2n) is 4.79. The van der Waals surface area contributed by atoms with E-state index < -0.39 is 0 Å². The lowest BCUT2D eigenvalue weighted by atomic mass is 10.1. The number of nitrogens with one attached hydrogen (secondary N) is 1. The van der Waals surface area contributed by atoms with Gasteiger partial charge in [0.05, 0.1) is 13.0 Å². The van der Waals surface area contributed by atoms with E-state index in [1.807, 2.05) is 47.0 Å². The van der Waals surface area contributed by atoms with Crippen LogP contribution in [0.25, 0.3) is 0 Å². The molecule has 0 spiro atoms. The molecule has 0 aliphatic carbocycles. The van der Waals surface area contributed by atoms with Crippen LogP contribution in [0, 0.1) is 0 Å². The largest absolute Gasteiger partial charge is 0.347 e. The van der Waals surface area contributed by atoms with E-state index in [9.17, 15) is 9.59 Å². The standard InChI is InChI=1S/C15H20N2O2S/c18-14(11-13-5-2-1-3-6-13)16-12-15(19)17-7-4-9-20-10-8-17/h1-3,5-6H,4,7-12H2,(H,16,18). The fraction of sp³-hybridized carbons (Fsp3) is 0.467.